The molecule has 2 aliphatic heterocycles. The van der Waals surface area contributed by atoms with E-state index < -0.39 is 0 Å². The molecule has 0 aromatic carbocycles. The van der Waals surface area contributed by atoms with E-state index in [9.17, 15) is 9.59 Å². The molecule has 0 radical (unpaired) electrons. The van der Waals surface area contributed by atoms with E-state index >= 15 is 0 Å². The molecule has 1 N–H and O–H groups in total. The summed E-state index contributed by atoms with van der Waals surface area (Å²) in [5.41, 5.74) is 0. The fourth-order valence-corrected chi connectivity index (χ4v) is 2.62. The molecule has 2 amide bonds. The van der Waals surface area contributed by atoms with Crippen LogP contribution < -0.4 is 5.32 Å². The van der Waals surface area contributed by atoms with Gasteiger partial charge in [0.2, 0.25) is 11.8 Å². The predicted molar refractivity (Wildman–Crippen MR) is 80.0 cm³/mol. The molecule has 0 aliphatic carbocycles. The lowest BCUT2D eigenvalue weighted by Crippen LogP contribution is -2.52. The van der Waals surface area contributed by atoms with Crippen molar-refractivity contribution in [3.63, 3.8) is 0 Å². The van der Waals surface area contributed by atoms with Crippen molar-refractivity contribution >= 4 is 24.2 Å². The molecule has 0 spiro atoms. The Morgan fingerprint density at radius 2 is 1.60 bits per heavy atom. The Bertz CT molecular complexity index is 324. The smallest absolute Gasteiger partial charge is 0.236 e. The zero-order valence-corrected chi connectivity index (χ0v) is 13.0. The number of nitrogens with one attached hydrogen (secondary N) is 1. The average Bonchev–Trinajstić information content (AvgIpc) is 2.67. The maximum Gasteiger partial charge on any atom is 0.236 e. The van der Waals surface area contributed by atoms with Crippen molar-refractivity contribution in [3.8, 4) is 0 Å². The van der Waals surface area contributed by atoms with Crippen LogP contribution in [0.1, 0.15) is 13.3 Å². The van der Waals surface area contributed by atoms with Crippen molar-refractivity contribution in [1.82, 2.24) is 20.0 Å². The quantitative estimate of drug-likeness (QED) is 0.740. The predicted octanol–water partition coefficient (Wildman–Crippen LogP) is -0.606. The summed E-state index contributed by atoms with van der Waals surface area (Å²) < 4.78 is 0. The Hall–Kier alpha value is -0.850. The highest BCUT2D eigenvalue weighted by Gasteiger charge is 2.23. The average molecular weight is 305 g/mol. The van der Waals surface area contributed by atoms with Gasteiger partial charge in [-0.15, -0.1) is 12.4 Å². The van der Waals surface area contributed by atoms with Gasteiger partial charge in [-0.1, -0.05) is 0 Å². The summed E-state index contributed by atoms with van der Waals surface area (Å²) in [5, 5.41) is 3.34. The maximum atomic E-state index is 12.2. The molecule has 2 aliphatic rings. The second-order valence-electron chi connectivity index (χ2n) is 5.27. The first-order chi connectivity index (χ1) is 9.16. The van der Waals surface area contributed by atoms with Crippen LogP contribution in [0.3, 0.4) is 0 Å². The number of carbonyl (C=O) groups excluding carboxylic acids is 2. The van der Waals surface area contributed by atoms with Crippen molar-refractivity contribution < 1.29 is 9.59 Å². The zero-order chi connectivity index (χ0) is 13.7. The Morgan fingerprint density at radius 1 is 0.950 bits per heavy atom. The van der Waals surface area contributed by atoms with Gasteiger partial charge in [0.05, 0.1) is 6.54 Å². The first kappa shape index (κ1) is 17.2. The van der Waals surface area contributed by atoms with Gasteiger partial charge >= 0.3 is 0 Å². The number of amides is 2. The number of carbonyl (C=O) groups is 2. The summed E-state index contributed by atoms with van der Waals surface area (Å²) in [4.78, 5) is 29.4. The number of hydrogen-bond acceptors (Lipinski definition) is 4. The van der Waals surface area contributed by atoms with Gasteiger partial charge in [-0.05, 0) is 19.5 Å². The molecule has 2 fully saturated rings. The lowest BCUT2D eigenvalue weighted by molar-refractivity contribution is -0.139. The lowest BCUT2D eigenvalue weighted by atomic mass is 10.3. The summed E-state index contributed by atoms with van der Waals surface area (Å²) in [6, 6.07) is 0. The Labute approximate surface area is 126 Å². The van der Waals surface area contributed by atoms with Crippen LogP contribution in [-0.2, 0) is 9.59 Å². The summed E-state index contributed by atoms with van der Waals surface area (Å²) in [6.07, 6.45) is 1.10. The van der Waals surface area contributed by atoms with Crippen LogP contribution in [-0.4, -0.2) is 85.4 Å². The third kappa shape index (κ3) is 4.92. The number of hydrogen-bond donors (Lipinski definition) is 1. The van der Waals surface area contributed by atoms with Crippen LogP contribution in [0.5, 0.6) is 0 Å². The van der Waals surface area contributed by atoms with Crippen molar-refractivity contribution in [1.29, 1.82) is 0 Å². The minimum Gasteiger partial charge on any atom is -0.339 e. The maximum absolute atomic E-state index is 12.2. The molecule has 2 heterocycles. The standard InChI is InChI=1S/C13H24N4O2.ClH/c1-12(18)16-7-9-17(10-8-16)13(19)11-15-5-2-3-14-4-6-15;/h14H,2-11H2,1H3;1H. The van der Waals surface area contributed by atoms with E-state index in [-0.39, 0.29) is 24.2 Å². The lowest BCUT2D eigenvalue weighted by Gasteiger charge is -2.35. The minimum atomic E-state index is 0. The first-order valence-corrected chi connectivity index (χ1v) is 7.13. The van der Waals surface area contributed by atoms with Crippen LogP contribution in [0, 0.1) is 0 Å². The molecule has 0 bridgehead atoms. The van der Waals surface area contributed by atoms with Gasteiger partial charge in [-0.25, -0.2) is 0 Å². The normalized spacial score (nSPS) is 21.1. The summed E-state index contributed by atoms with van der Waals surface area (Å²) in [5.74, 6) is 0.302. The van der Waals surface area contributed by atoms with E-state index in [1.54, 1.807) is 11.8 Å². The Kier molecular flexibility index (Phi) is 7.26. The second kappa shape index (κ2) is 8.44. The van der Waals surface area contributed by atoms with Crippen LogP contribution in [0.4, 0.5) is 0 Å². The SMILES string of the molecule is CC(=O)N1CCN(C(=O)CN2CCCNCC2)CC1.Cl. The number of piperazine rings is 1. The molecular weight excluding hydrogens is 280 g/mol. The Balaban J connectivity index is 0.00000200. The number of rotatable bonds is 2. The van der Waals surface area contributed by atoms with E-state index in [4.69, 9.17) is 0 Å². The highest BCUT2D eigenvalue weighted by Crippen LogP contribution is 2.04. The third-order valence-corrected chi connectivity index (χ3v) is 3.87. The third-order valence-electron chi connectivity index (χ3n) is 3.87. The van der Waals surface area contributed by atoms with Gasteiger partial charge in [0.25, 0.3) is 0 Å². The molecule has 116 valence electrons. The van der Waals surface area contributed by atoms with Crippen molar-refractivity contribution in [2.24, 2.45) is 0 Å². The highest BCUT2D eigenvalue weighted by atomic mass is 35.5. The molecule has 0 unspecified atom stereocenters. The molecule has 20 heavy (non-hydrogen) atoms. The molecule has 2 saturated heterocycles. The fourth-order valence-electron chi connectivity index (χ4n) is 2.62. The molecule has 0 atom stereocenters. The van der Waals surface area contributed by atoms with E-state index in [2.05, 4.69) is 10.2 Å². The van der Waals surface area contributed by atoms with Gasteiger partial charge in [0.1, 0.15) is 0 Å². The van der Waals surface area contributed by atoms with Gasteiger partial charge in [-0.2, -0.15) is 0 Å². The van der Waals surface area contributed by atoms with Crippen molar-refractivity contribution in [3.05, 3.63) is 0 Å². The topological polar surface area (TPSA) is 55.9 Å². The van der Waals surface area contributed by atoms with Crippen LogP contribution in [0.25, 0.3) is 0 Å². The molecule has 0 aromatic rings. The van der Waals surface area contributed by atoms with Gasteiger partial charge in [-0.3, -0.25) is 14.5 Å². The first-order valence-electron chi connectivity index (χ1n) is 7.13. The molecule has 6 nitrogen and oxygen atoms in total. The summed E-state index contributed by atoms with van der Waals surface area (Å²) in [7, 11) is 0. The van der Waals surface area contributed by atoms with E-state index in [0.717, 1.165) is 32.6 Å². The van der Waals surface area contributed by atoms with Crippen LogP contribution >= 0.6 is 12.4 Å². The highest BCUT2D eigenvalue weighted by molar-refractivity contribution is 5.85. The fraction of sp³-hybridized carbons (Fsp3) is 0.846. The zero-order valence-electron chi connectivity index (χ0n) is 12.1. The Morgan fingerprint density at radius 3 is 2.25 bits per heavy atom. The van der Waals surface area contributed by atoms with Gasteiger partial charge in [0.15, 0.2) is 0 Å². The molecule has 0 aromatic heterocycles. The minimum absolute atomic E-state index is 0. The number of nitrogens with zero attached hydrogens (tertiary/aromatic N) is 3. The molecule has 7 heteroatoms. The van der Waals surface area contributed by atoms with E-state index in [0.29, 0.717) is 32.7 Å². The molecular formula is C13H25ClN4O2. The molecule has 2 rings (SSSR count). The van der Waals surface area contributed by atoms with Crippen LogP contribution in [0.15, 0.2) is 0 Å². The van der Waals surface area contributed by atoms with Crippen molar-refractivity contribution in [2.75, 3.05) is 58.9 Å². The summed E-state index contributed by atoms with van der Waals surface area (Å²) in [6.45, 7) is 8.72. The van der Waals surface area contributed by atoms with E-state index in [1.165, 1.54) is 0 Å². The van der Waals surface area contributed by atoms with Gasteiger partial charge in [0, 0.05) is 46.2 Å². The van der Waals surface area contributed by atoms with Crippen molar-refractivity contribution in [2.45, 2.75) is 13.3 Å². The van der Waals surface area contributed by atoms with Crippen LogP contribution in [0.2, 0.25) is 0 Å². The molecule has 0 saturated carbocycles. The van der Waals surface area contributed by atoms with Gasteiger partial charge < -0.3 is 15.1 Å². The summed E-state index contributed by atoms with van der Waals surface area (Å²) >= 11 is 0. The largest absolute Gasteiger partial charge is 0.339 e. The van der Waals surface area contributed by atoms with E-state index in [1.807, 2.05) is 4.90 Å². The monoisotopic (exact) mass is 304 g/mol. The second-order valence-corrected chi connectivity index (χ2v) is 5.27. The number of halogens is 1.